The summed E-state index contributed by atoms with van der Waals surface area (Å²) in [6.07, 6.45) is 3.45. The summed E-state index contributed by atoms with van der Waals surface area (Å²) in [5.74, 6) is 1.28. The molecule has 1 aliphatic rings. The number of hydrogen-bond donors (Lipinski definition) is 1. The van der Waals surface area contributed by atoms with Crippen LogP contribution in [-0.4, -0.2) is 35.9 Å². The van der Waals surface area contributed by atoms with Gasteiger partial charge in [0.25, 0.3) is 0 Å². The Kier molecular flexibility index (Phi) is 4.76. The SMILES string of the molecule is COc1ccc2[nH]cc(CC3CN(Cc4ccccc4)CCC3=O)c2c1. The largest absolute Gasteiger partial charge is 0.497 e. The summed E-state index contributed by atoms with van der Waals surface area (Å²) in [4.78, 5) is 18.2. The Labute approximate surface area is 153 Å². The maximum Gasteiger partial charge on any atom is 0.138 e. The molecule has 1 fully saturated rings. The first-order chi connectivity index (χ1) is 12.7. The zero-order valence-electron chi connectivity index (χ0n) is 15.1. The molecule has 1 saturated heterocycles. The number of fused-ring (bicyclic) bond motifs is 1. The van der Waals surface area contributed by atoms with Crippen LogP contribution in [0.2, 0.25) is 0 Å². The lowest BCUT2D eigenvalue weighted by Gasteiger charge is -2.31. The zero-order valence-corrected chi connectivity index (χ0v) is 15.1. The predicted molar refractivity (Wildman–Crippen MR) is 103 cm³/mol. The number of nitrogens with zero attached hydrogens (tertiary/aromatic N) is 1. The summed E-state index contributed by atoms with van der Waals surface area (Å²) >= 11 is 0. The lowest BCUT2D eigenvalue weighted by Crippen LogP contribution is -2.41. The molecule has 0 spiro atoms. The molecule has 0 aliphatic carbocycles. The number of piperidine rings is 1. The van der Waals surface area contributed by atoms with Gasteiger partial charge in [-0.1, -0.05) is 30.3 Å². The Hall–Kier alpha value is -2.59. The second-order valence-electron chi connectivity index (χ2n) is 7.06. The van der Waals surface area contributed by atoms with E-state index in [0.29, 0.717) is 12.2 Å². The second-order valence-corrected chi connectivity index (χ2v) is 7.06. The van der Waals surface area contributed by atoms with Gasteiger partial charge >= 0.3 is 0 Å². The van der Waals surface area contributed by atoms with E-state index in [1.807, 2.05) is 24.4 Å². The summed E-state index contributed by atoms with van der Waals surface area (Å²) in [5, 5.41) is 1.15. The molecular weight excluding hydrogens is 324 g/mol. The number of carbonyl (C=O) groups excluding carboxylic acids is 1. The first kappa shape index (κ1) is 16.9. The van der Waals surface area contributed by atoms with E-state index < -0.39 is 0 Å². The Morgan fingerprint density at radius 3 is 2.85 bits per heavy atom. The van der Waals surface area contributed by atoms with Crippen molar-refractivity contribution in [2.75, 3.05) is 20.2 Å². The lowest BCUT2D eigenvalue weighted by molar-refractivity contribution is -0.126. The highest BCUT2D eigenvalue weighted by Gasteiger charge is 2.28. The standard InChI is InChI=1S/C22H24N2O2/c1-26-19-7-8-21-20(12-19)17(13-23-21)11-18-15-24(10-9-22(18)25)14-16-5-3-2-4-6-16/h2-8,12-13,18,23H,9-11,14-15H2,1H3. The smallest absolute Gasteiger partial charge is 0.138 e. The first-order valence-electron chi connectivity index (χ1n) is 9.16. The van der Waals surface area contributed by atoms with Crippen LogP contribution in [-0.2, 0) is 17.8 Å². The average molecular weight is 348 g/mol. The molecule has 0 radical (unpaired) electrons. The molecule has 134 valence electrons. The van der Waals surface area contributed by atoms with Crippen molar-refractivity contribution >= 4 is 16.7 Å². The van der Waals surface area contributed by atoms with E-state index in [1.165, 1.54) is 11.1 Å². The third-order valence-corrected chi connectivity index (χ3v) is 5.30. The summed E-state index contributed by atoms with van der Waals surface area (Å²) in [6.45, 7) is 2.59. The number of hydrogen-bond acceptors (Lipinski definition) is 3. The van der Waals surface area contributed by atoms with E-state index in [4.69, 9.17) is 4.74 Å². The Morgan fingerprint density at radius 2 is 2.04 bits per heavy atom. The first-order valence-corrected chi connectivity index (χ1v) is 9.16. The van der Waals surface area contributed by atoms with Crippen LogP contribution in [0.3, 0.4) is 0 Å². The van der Waals surface area contributed by atoms with Crippen LogP contribution >= 0.6 is 0 Å². The number of rotatable bonds is 5. The fourth-order valence-electron chi connectivity index (χ4n) is 3.86. The summed E-state index contributed by atoms with van der Waals surface area (Å²) < 4.78 is 5.35. The minimum absolute atomic E-state index is 0.0534. The second kappa shape index (κ2) is 7.34. The molecule has 1 atom stereocenters. The quantitative estimate of drug-likeness (QED) is 0.763. The molecule has 2 heterocycles. The van der Waals surface area contributed by atoms with Gasteiger partial charge in [0, 0.05) is 49.1 Å². The molecule has 4 heteroatoms. The van der Waals surface area contributed by atoms with Gasteiger partial charge < -0.3 is 9.72 Å². The molecule has 1 N–H and O–H groups in total. The third-order valence-electron chi connectivity index (χ3n) is 5.30. The van der Waals surface area contributed by atoms with Crippen molar-refractivity contribution in [2.45, 2.75) is 19.4 Å². The third kappa shape index (κ3) is 3.51. The molecule has 0 saturated carbocycles. The number of H-pyrrole nitrogens is 1. The molecule has 3 aromatic rings. The predicted octanol–water partition coefficient (Wildman–Crippen LogP) is 3.81. The number of ketones is 1. The Balaban J connectivity index is 1.50. The van der Waals surface area contributed by atoms with Crippen LogP contribution < -0.4 is 4.74 Å². The highest BCUT2D eigenvalue weighted by atomic mass is 16.5. The van der Waals surface area contributed by atoms with E-state index >= 15 is 0 Å². The van der Waals surface area contributed by atoms with Crippen molar-refractivity contribution in [2.24, 2.45) is 5.92 Å². The van der Waals surface area contributed by atoms with Gasteiger partial charge in [0.15, 0.2) is 0 Å². The molecular formula is C22H24N2O2. The minimum atomic E-state index is 0.0534. The maximum atomic E-state index is 12.5. The van der Waals surface area contributed by atoms with Crippen molar-refractivity contribution < 1.29 is 9.53 Å². The molecule has 0 bridgehead atoms. The summed E-state index contributed by atoms with van der Waals surface area (Å²) in [5.41, 5.74) is 3.58. The summed E-state index contributed by atoms with van der Waals surface area (Å²) in [7, 11) is 1.68. The minimum Gasteiger partial charge on any atom is -0.497 e. The van der Waals surface area contributed by atoms with Crippen LogP contribution in [0.25, 0.3) is 10.9 Å². The molecule has 2 aromatic carbocycles. The van der Waals surface area contributed by atoms with Gasteiger partial charge in [-0.15, -0.1) is 0 Å². The van der Waals surface area contributed by atoms with Gasteiger partial charge in [-0.25, -0.2) is 0 Å². The number of carbonyl (C=O) groups is 1. The van der Waals surface area contributed by atoms with Gasteiger partial charge in [0.05, 0.1) is 7.11 Å². The van der Waals surface area contributed by atoms with E-state index in [1.54, 1.807) is 7.11 Å². The van der Waals surface area contributed by atoms with Crippen LogP contribution in [0, 0.1) is 5.92 Å². The molecule has 0 amide bonds. The van der Waals surface area contributed by atoms with Gasteiger partial charge in [0.1, 0.15) is 11.5 Å². The number of aromatic nitrogens is 1. The Bertz CT molecular complexity index is 901. The van der Waals surface area contributed by atoms with E-state index in [2.05, 4.69) is 40.2 Å². The number of aromatic amines is 1. The van der Waals surface area contributed by atoms with Gasteiger partial charge in [-0.2, -0.15) is 0 Å². The van der Waals surface area contributed by atoms with Crippen molar-refractivity contribution in [3.63, 3.8) is 0 Å². The lowest BCUT2D eigenvalue weighted by atomic mass is 9.89. The van der Waals surface area contributed by atoms with E-state index in [-0.39, 0.29) is 5.92 Å². The van der Waals surface area contributed by atoms with Gasteiger partial charge in [-0.05, 0) is 35.7 Å². The van der Waals surface area contributed by atoms with E-state index in [9.17, 15) is 4.79 Å². The average Bonchev–Trinajstić information content (AvgIpc) is 3.07. The number of Topliss-reactive ketones (excluding diaryl/α,β-unsaturated/α-hetero) is 1. The zero-order chi connectivity index (χ0) is 17.9. The van der Waals surface area contributed by atoms with Gasteiger partial charge in [-0.3, -0.25) is 9.69 Å². The summed E-state index contributed by atoms with van der Waals surface area (Å²) in [6, 6.07) is 16.5. The van der Waals surface area contributed by atoms with Crippen LogP contribution in [0.15, 0.2) is 54.7 Å². The normalized spacial score (nSPS) is 18.3. The van der Waals surface area contributed by atoms with Crippen LogP contribution in [0.4, 0.5) is 0 Å². The number of nitrogens with one attached hydrogen (secondary N) is 1. The molecule has 1 aromatic heterocycles. The molecule has 1 unspecified atom stereocenters. The fourth-order valence-corrected chi connectivity index (χ4v) is 3.86. The van der Waals surface area contributed by atoms with Crippen LogP contribution in [0.1, 0.15) is 17.5 Å². The molecule has 4 rings (SSSR count). The van der Waals surface area contributed by atoms with Crippen LogP contribution in [0.5, 0.6) is 5.75 Å². The fraction of sp³-hybridized carbons (Fsp3) is 0.318. The van der Waals surface area contributed by atoms with E-state index in [0.717, 1.165) is 42.7 Å². The highest BCUT2D eigenvalue weighted by Crippen LogP contribution is 2.27. The molecule has 4 nitrogen and oxygen atoms in total. The maximum absolute atomic E-state index is 12.5. The molecule has 1 aliphatic heterocycles. The monoisotopic (exact) mass is 348 g/mol. The number of benzene rings is 2. The number of likely N-dealkylation sites (tertiary alicyclic amines) is 1. The van der Waals surface area contributed by atoms with Gasteiger partial charge in [0.2, 0.25) is 0 Å². The molecule has 26 heavy (non-hydrogen) atoms. The van der Waals surface area contributed by atoms with Crippen molar-refractivity contribution in [1.29, 1.82) is 0 Å². The highest BCUT2D eigenvalue weighted by molar-refractivity contribution is 5.87. The Morgan fingerprint density at radius 1 is 1.19 bits per heavy atom. The van der Waals surface area contributed by atoms with Crippen molar-refractivity contribution in [3.8, 4) is 5.75 Å². The van der Waals surface area contributed by atoms with Crippen molar-refractivity contribution in [1.82, 2.24) is 9.88 Å². The number of methoxy groups -OCH3 is 1. The van der Waals surface area contributed by atoms with Crippen molar-refractivity contribution in [3.05, 3.63) is 65.9 Å². The number of ether oxygens (including phenoxy) is 1. The topological polar surface area (TPSA) is 45.3 Å².